The van der Waals surface area contributed by atoms with Gasteiger partial charge in [-0.2, -0.15) is 0 Å². The fourth-order valence-electron chi connectivity index (χ4n) is 2.43. The van der Waals surface area contributed by atoms with E-state index in [1.165, 1.54) is 11.8 Å². The second kappa shape index (κ2) is 8.58. The second-order valence-corrected chi connectivity index (χ2v) is 7.14. The molecule has 0 spiro atoms. The Kier molecular flexibility index (Phi) is 6.19. The van der Waals surface area contributed by atoms with Gasteiger partial charge in [-0.1, -0.05) is 53.2 Å². The molecule has 26 heavy (non-hydrogen) atoms. The summed E-state index contributed by atoms with van der Waals surface area (Å²) in [6.07, 6.45) is 0. The van der Waals surface area contributed by atoms with E-state index in [-0.39, 0.29) is 11.7 Å². The van der Waals surface area contributed by atoms with Crippen LogP contribution >= 0.6 is 35.0 Å². The normalized spacial score (nSPS) is 10.7. The number of aromatic nitrogens is 3. The summed E-state index contributed by atoms with van der Waals surface area (Å²) in [5.41, 5.74) is 1.59. The van der Waals surface area contributed by atoms with E-state index in [1.807, 2.05) is 37.3 Å². The van der Waals surface area contributed by atoms with Crippen LogP contribution in [0.4, 0.5) is 5.69 Å². The minimum atomic E-state index is -0.000393. The Bertz CT molecular complexity index is 901. The average molecular weight is 407 g/mol. The molecule has 1 aromatic heterocycles. The Morgan fingerprint density at radius 1 is 1.19 bits per heavy atom. The maximum atomic E-state index is 12.5. The van der Waals surface area contributed by atoms with E-state index in [0.717, 1.165) is 5.69 Å². The van der Waals surface area contributed by atoms with Crippen molar-refractivity contribution in [3.05, 3.63) is 58.6 Å². The van der Waals surface area contributed by atoms with Gasteiger partial charge in [0.2, 0.25) is 11.1 Å². The summed E-state index contributed by atoms with van der Waals surface area (Å²) in [6.45, 7) is 2.55. The van der Waals surface area contributed by atoms with E-state index in [0.29, 0.717) is 33.1 Å². The highest BCUT2D eigenvalue weighted by Crippen LogP contribution is 2.29. The Hall–Kier alpha value is -2.02. The zero-order chi connectivity index (χ0) is 18.5. The van der Waals surface area contributed by atoms with Crippen LogP contribution in [0.5, 0.6) is 0 Å². The fraction of sp³-hybridized carbons (Fsp3) is 0.167. The molecule has 0 fully saturated rings. The van der Waals surface area contributed by atoms with Gasteiger partial charge < -0.3 is 4.90 Å². The van der Waals surface area contributed by atoms with Crippen LogP contribution in [0.15, 0.2) is 53.7 Å². The summed E-state index contributed by atoms with van der Waals surface area (Å²) in [4.78, 5) is 18.7. The number of carbonyl (C=O) groups excluding carboxylic acids is 1. The largest absolute Gasteiger partial charge is 0.312 e. The lowest BCUT2D eigenvalue weighted by Crippen LogP contribution is -2.32. The number of hydrogen-bond donors (Lipinski definition) is 1. The molecule has 2 aromatic carbocycles. The molecular formula is C18H16Cl2N4OS. The summed E-state index contributed by atoms with van der Waals surface area (Å²) in [5, 5.41) is 8.53. The molecule has 0 bridgehead atoms. The van der Waals surface area contributed by atoms with Crippen LogP contribution in [0.2, 0.25) is 10.0 Å². The Balaban J connectivity index is 1.67. The molecule has 0 aliphatic carbocycles. The highest BCUT2D eigenvalue weighted by Gasteiger charge is 2.16. The summed E-state index contributed by atoms with van der Waals surface area (Å²) in [6, 6.07) is 14.7. The first kappa shape index (κ1) is 18.8. The van der Waals surface area contributed by atoms with Gasteiger partial charge in [-0.3, -0.25) is 9.89 Å². The molecule has 1 amide bonds. The molecule has 0 aliphatic heterocycles. The highest BCUT2D eigenvalue weighted by atomic mass is 35.5. The van der Waals surface area contributed by atoms with E-state index in [2.05, 4.69) is 15.2 Å². The van der Waals surface area contributed by atoms with Crippen molar-refractivity contribution in [1.29, 1.82) is 0 Å². The molecule has 1 heterocycles. The summed E-state index contributed by atoms with van der Waals surface area (Å²) < 4.78 is 0. The van der Waals surface area contributed by atoms with Crippen LogP contribution in [0, 0.1) is 0 Å². The molecule has 0 radical (unpaired) electrons. The highest BCUT2D eigenvalue weighted by molar-refractivity contribution is 7.99. The first-order chi connectivity index (χ1) is 12.6. The molecule has 134 valence electrons. The number of para-hydroxylation sites is 1. The number of nitrogens with one attached hydrogen (secondary N) is 1. The molecule has 0 saturated carbocycles. The van der Waals surface area contributed by atoms with Gasteiger partial charge in [-0.15, -0.1) is 5.10 Å². The number of aromatic amines is 1. The van der Waals surface area contributed by atoms with Crippen molar-refractivity contribution in [1.82, 2.24) is 15.2 Å². The first-order valence-electron chi connectivity index (χ1n) is 7.94. The average Bonchev–Trinajstić information content (AvgIpc) is 3.10. The lowest BCUT2D eigenvalue weighted by Gasteiger charge is -2.20. The van der Waals surface area contributed by atoms with Crippen LogP contribution in [-0.4, -0.2) is 33.4 Å². The number of carbonyl (C=O) groups is 1. The first-order valence-corrected chi connectivity index (χ1v) is 9.68. The van der Waals surface area contributed by atoms with E-state index < -0.39 is 0 Å². The molecular weight excluding hydrogens is 391 g/mol. The minimum absolute atomic E-state index is 0.000393. The zero-order valence-corrected chi connectivity index (χ0v) is 16.3. The van der Waals surface area contributed by atoms with Gasteiger partial charge in [0.15, 0.2) is 5.82 Å². The van der Waals surface area contributed by atoms with Crippen molar-refractivity contribution in [2.75, 3.05) is 17.2 Å². The summed E-state index contributed by atoms with van der Waals surface area (Å²) in [7, 11) is 0. The van der Waals surface area contributed by atoms with Crippen molar-refractivity contribution >= 4 is 46.6 Å². The van der Waals surface area contributed by atoms with Crippen molar-refractivity contribution in [3.63, 3.8) is 0 Å². The Morgan fingerprint density at radius 2 is 1.96 bits per heavy atom. The van der Waals surface area contributed by atoms with E-state index >= 15 is 0 Å². The predicted octanol–water partition coefficient (Wildman–Crippen LogP) is 4.92. The Labute approximate surface area is 165 Å². The number of rotatable bonds is 6. The van der Waals surface area contributed by atoms with E-state index in [1.54, 1.807) is 23.1 Å². The van der Waals surface area contributed by atoms with Gasteiger partial charge in [-0.25, -0.2) is 4.98 Å². The van der Waals surface area contributed by atoms with Crippen LogP contribution in [0.25, 0.3) is 11.4 Å². The van der Waals surface area contributed by atoms with Crippen LogP contribution in [0.3, 0.4) is 0 Å². The lowest BCUT2D eigenvalue weighted by molar-refractivity contribution is -0.116. The number of halogens is 2. The quantitative estimate of drug-likeness (QED) is 0.589. The van der Waals surface area contributed by atoms with Crippen molar-refractivity contribution in [2.45, 2.75) is 12.1 Å². The maximum absolute atomic E-state index is 12.5. The predicted molar refractivity (Wildman–Crippen MR) is 107 cm³/mol. The molecule has 0 unspecified atom stereocenters. The van der Waals surface area contributed by atoms with Gasteiger partial charge in [0.05, 0.1) is 10.8 Å². The van der Waals surface area contributed by atoms with E-state index in [4.69, 9.17) is 23.2 Å². The molecule has 0 aliphatic rings. The third kappa shape index (κ3) is 4.38. The SMILES string of the molecule is CCN(C(=O)CSc1n[nH]c(-c2ccc(Cl)cc2Cl)n1)c1ccccc1. The summed E-state index contributed by atoms with van der Waals surface area (Å²) in [5.74, 6) is 0.783. The molecule has 0 atom stereocenters. The molecule has 3 rings (SSSR count). The smallest absolute Gasteiger partial charge is 0.237 e. The Morgan fingerprint density at radius 3 is 2.65 bits per heavy atom. The van der Waals surface area contributed by atoms with Gasteiger partial charge in [0, 0.05) is 22.8 Å². The maximum Gasteiger partial charge on any atom is 0.237 e. The topological polar surface area (TPSA) is 61.9 Å². The van der Waals surface area contributed by atoms with Crippen LogP contribution < -0.4 is 4.90 Å². The van der Waals surface area contributed by atoms with Crippen molar-refractivity contribution in [3.8, 4) is 11.4 Å². The van der Waals surface area contributed by atoms with Gasteiger partial charge >= 0.3 is 0 Å². The fourth-order valence-corrected chi connectivity index (χ4v) is 3.60. The number of anilines is 1. The van der Waals surface area contributed by atoms with Crippen LogP contribution in [0.1, 0.15) is 6.92 Å². The minimum Gasteiger partial charge on any atom is -0.312 e. The molecule has 8 heteroatoms. The van der Waals surface area contributed by atoms with Crippen molar-refractivity contribution < 1.29 is 4.79 Å². The van der Waals surface area contributed by atoms with Gasteiger partial charge in [0.25, 0.3) is 0 Å². The molecule has 5 nitrogen and oxygen atoms in total. The second-order valence-electron chi connectivity index (χ2n) is 5.35. The standard InChI is InChI=1S/C18H16Cl2N4OS/c1-2-24(13-6-4-3-5-7-13)16(25)11-26-18-21-17(22-23-18)14-9-8-12(19)10-15(14)20/h3-10H,2,11H2,1H3,(H,21,22,23). The summed E-state index contributed by atoms with van der Waals surface area (Å²) >= 11 is 13.4. The van der Waals surface area contributed by atoms with Gasteiger partial charge in [0.1, 0.15) is 0 Å². The lowest BCUT2D eigenvalue weighted by atomic mass is 10.2. The number of nitrogens with zero attached hydrogens (tertiary/aromatic N) is 3. The number of thioether (sulfide) groups is 1. The van der Waals surface area contributed by atoms with E-state index in [9.17, 15) is 4.79 Å². The number of amides is 1. The third-order valence-corrected chi connectivity index (χ3v) is 5.04. The zero-order valence-electron chi connectivity index (χ0n) is 13.9. The number of benzene rings is 2. The molecule has 0 saturated heterocycles. The number of H-pyrrole nitrogens is 1. The van der Waals surface area contributed by atoms with Gasteiger partial charge in [-0.05, 0) is 37.3 Å². The third-order valence-electron chi connectivity index (χ3n) is 3.66. The molecule has 3 aromatic rings. The van der Waals surface area contributed by atoms with Crippen LogP contribution in [-0.2, 0) is 4.79 Å². The van der Waals surface area contributed by atoms with Crippen molar-refractivity contribution in [2.24, 2.45) is 0 Å². The monoisotopic (exact) mass is 406 g/mol. The number of hydrogen-bond acceptors (Lipinski definition) is 4. The molecule has 1 N–H and O–H groups in total.